The van der Waals surface area contributed by atoms with E-state index in [0.29, 0.717) is 26.1 Å². The molecule has 0 radical (unpaired) electrons. The fourth-order valence-corrected chi connectivity index (χ4v) is 2.73. The molecule has 1 amide bonds. The van der Waals surface area contributed by atoms with E-state index in [1.807, 2.05) is 34.2 Å². The molecule has 6 nitrogen and oxygen atoms in total. The molecule has 128 valence electrons. The highest BCUT2D eigenvalue weighted by atomic mass is 16.7. The van der Waals surface area contributed by atoms with Crippen molar-refractivity contribution in [2.45, 2.75) is 32.4 Å². The van der Waals surface area contributed by atoms with Gasteiger partial charge < -0.3 is 9.32 Å². The number of carbonyl (C=O) groups excluding carboxylic acids is 1. The van der Waals surface area contributed by atoms with E-state index in [4.69, 9.17) is 9.25 Å². The lowest BCUT2D eigenvalue weighted by atomic mass is 10.2. The average molecular weight is 329 g/mol. The number of rotatable bonds is 7. The minimum absolute atomic E-state index is 0.0948. The second-order valence-corrected chi connectivity index (χ2v) is 5.90. The van der Waals surface area contributed by atoms with Crippen LogP contribution in [0.1, 0.15) is 30.6 Å². The Morgan fingerprint density at radius 2 is 2.08 bits per heavy atom. The third-order valence-corrected chi connectivity index (χ3v) is 4.05. The Hall–Kier alpha value is -2.18. The number of hydroxylamine groups is 2. The molecule has 1 fully saturated rings. The number of hydrogen-bond donors (Lipinski definition) is 0. The third kappa shape index (κ3) is 4.91. The number of pyridine rings is 1. The Bertz CT molecular complexity index is 610. The van der Waals surface area contributed by atoms with Crippen molar-refractivity contribution in [2.24, 2.45) is 0 Å². The lowest BCUT2D eigenvalue weighted by Gasteiger charge is -2.27. The van der Waals surface area contributed by atoms with Gasteiger partial charge in [0.2, 0.25) is 5.91 Å². The van der Waals surface area contributed by atoms with Crippen LogP contribution in [-0.2, 0) is 22.7 Å². The Morgan fingerprint density at radius 1 is 1.21 bits per heavy atom. The van der Waals surface area contributed by atoms with Crippen LogP contribution in [0.3, 0.4) is 0 Å². The third-order valence-electron chi connectivity index (χ3n) is 4.05. The number of aromatic nitrogens is 1. The van der Waals surface area contributed by atoms with Gasteiger partial charge in [0.15, 0.2) is 0 Å². The number of amides is 1. The van der Waals surface area contributed by atoms with Crippen LogP contribution in [-0.4, -0.2) is 40.6 Å². The van der Waals surface area contributed by atoms with Gasteiger partial charge in [-0.25, -0.2) is 0 Å². The molecular formula is C18H23N3O3. The maximum atomic E-state index is 12.7. The van der Waals surface area contributed by atoms with E-state index in [-0.39, 0.29) is 5.91 Å². The van der Waals surface area contributed by atoms with Gasteiger partial charge in [0.1, 0.15) is 5.76 Å². The molecule has 0 atom stereocenters. The predicted molar refractivity (Wildman–Crippen MR) is 88.6 cm³/mol. The summed E-state index contributed by atoms with van der Waals surface area (Å²) in [7, 11) is 0. The van der Waals surface area contributed by atoms with E-state index in [2.05, 4.69) is 4.98 Å². The van der Waals surface area contributed by atoms with Crippen LogP contribution in [0.25, 0.3) is 0 Å². The van der Waals surface area contributed by atoms with E-state index >= 15 is 0 Å². The molecule has 1 aliphatic heterocycles. The molecule has 3 rings (SSSR count). The molecule has 2 aromatic heterocycles. The van der Waals surface area contributed by atoms with Gasteiger partial charge in [-0.1, -0.05) is 0 Å². The highest BCUT2D eigenvalue weighted by Crippen LogP contribution is 2.13. The minimum Gasteiger partial charge on any atom is -0.467 e. The molecule has 0 aromatic carbocycles. The van der Waals surface area contributed by atoms with Crippen LogP contribution in [0.4, 0.5) is 0 Å². The van der Waals surface area contributed by atoms with Crippen molar-refractivity contribution in [1.82, 2.24) is 14.9 Å². The number of carbonyl (C=O) groups is 1. The quantitative estimate of drug-likeness (QED) is 0.781. The summed E-state index contributed by atoms with van der Waals surface area (Å²) in [5.41, 5.74) is 1.05. The van der Waals surface area contributed by atoms with E-state index in [9.17, 15) is 4.79 Å². The Kier molecular flexibility index (Phi) is 5.98. The highest BCUT2D eigenvalue weighted by molar-refractivity contribution is 5.76. The summed E-state index contributed by atoms with van der Waals surface area (Å²) in [4.78, 5) is 24.1. The second-order valence-electron chi connectivity index (χ2n) is 5.90. The van der Waals surface area contributed by atoms with Crippen LogP contribution in [0.5, 0.6) is 0 Å². The summed E-state index contributed by atoms with van der Waals surface area (Å²) < 4.78 is 5.40. The molecule has 6 heteroatoms. The Labute approximate surface area is 142 Å². The van der Waals surface area contributed by atoms with Gasteiger partial charge in [-0.05, 0) is 42.7 Å². The summed E-state index contributed by atoms with van der Waals surface area (Å²) in [6.45, 7) is 3.29. The fourth-order valence-electron chi connectivity index (χ4n) is 2.73. The molecule has 2 aromatic rings. The monoisotopic (exact) mass is 329 g/mol. The number of furan rings is 1. The van der Waals surface area contributed by atoms with Gasteiger partial charge in [-0.3, -0.25) is 14.6 Å². The van der Waals surface area contributed by atoms with Crippen molar-refractivity contribution in [3.05, 3.63) is 54.2 Å². The normalized spacial score (nSPS) is 15.3. The standard InChI is InChI=1S/C18H23N3O3/c22-18(7-11-21-10-1-2-13-24-21)20(15-17-4-3-12-23-17)14-16-5-8-19-9-6-16/h3-6,8-9,12H,1-2,7,10-11,13-15H2. The maximum absolute atomic E-state index is 12.7. The lowest BCUT2D eigenvalue weighted by Crippen LogP contribution is -2.36. The van der Waals surface area contributed by atoms with Crippen molar-refractivity contribution in [2.75, 3.05) is 19.7 Å². The van der Waals surface area contributed by atoms with Crippen LogP contribution in [0, 0.1) is 0 Å². The summed E-state index contributed by atoms with van der Waals surface area (Å²) in [6, 6.07) is 7.58. The Balaban J connectivity index is 1.60. The van der Waals surface area contributed by atoms with Gasteiger partial charge in [-0.2, -0.15) is 5.06 Å². The summed E-state index contributed by atoms with van der Waals surface area (Å²) in [5, 5.41) is 1.90. The first-order valence-electron chi connectivity index (χ1n) is 8.38. The van der Waals surface area contributed by atoms with Crippen molar-refractivity contribution in [3.63, 3.8) is 0 Å². The zero-order valence-electron chi connectivity index (χ0n) is 13.8. The first-order chi connectivity index (χ1) is 11.8. The smallest absolute Gasteiger partial charge is 0.224 e. The molecule has 0 unspecified atom stereocenters. The molecule has 0 saturated carbocycles. The molecule has 1 aliphatic rings. The van der Waals surface area contributed by atoms with Crippen LogP contribution in [0.15, 0.2) is 47.3 Å². The summed E-state index contributed by atoms with van der Waals surface area (Å²) >= 11 is 0. The van der Waals surface area contributed by atoms with Gasteiger partial charge >= 0.3 is 0 Å². The Morgan fingerprint density at radius 3 is 2.79 bits per heavy atom. The van der Waals surface area contributed by atoms with E-state index < -0.39 is 0 Å². The molecule has 3 heterocycles. The molecule has 1 saturated heterocycles. The molecule has 0 aliphatic carbocycles. The zero-order chi connectivity index (χ0) is 16.6. The SMILES string of the molecule is O=C(CCN1CCCCO1)N(Cc1ccncc1)Cc1ccco1. The first-order valence-corrected chi connectivity index (χ1v) is 8.38. The molecule has 0 spiro atoms. The van der Waals surface area contributed by atoms with Crippen molar-refractivity contribution < 1.29 is 14.0 Å². The predicted octanol–water partition coefficient (Wildman–Crippen LogP) is 2.62. The molecule has 24 heavy (non-hydrogen) atoms. The van der Waals surface area contributed by atoms with Crippen molar-refractivity contribution in [3.8, 4) is 0 Å². The van der Waals surface area contributed by atoms with E-state index in [1.165, 1.54) is 0 Å². The van der Waals surface area contributed by atoms with Crippen LogP contribution < -0.4 is 0 Å². The summed E-state index contributed by atoms with van der Waals surface area (Å²) in [6.07, 6.45) is 7.77. The lowest BCUT2D eigenvalue weighted by molar-refractivity contribution is -0.182. The maximum Gasteiger partial charge on any atom is 0.224 e. The molecule has 0 N–H and O–H groups in total. The molecule has 0 bridgehead atoms. The fraction of sp³-hybridized carbons (Fsp3) is 0.444. The van der Waals surface area contributed by atoms with E-state index in [0.717, 1.165) is 37.3 Å². The van der Waals surface area contributed by atoms with E-state index in [1.54, 1.807) is 18.7 Å². The van der Waals surface area contributed by atoms with Gasteiger partial charge in [0.05, 0.1) is 19.4 Å². The van der Waals surface area contributed by atoms with Gasteiger partial charge in [-0.15, -0.1) is 0 Å². The first kappa shape index (κ1) is 16.7. The van der Waals surface area contributed by atoms with Crippen LogP contribution in [0.2, 0.25) is 0 Å². The average Bonchev–Trinajstić information content (AvgIpc) is 3.14. The number of nitrogens with zero attached hydrogens (tertiary/aromatic N) is 3. The van der Waals surface area contributed by atoms with Gasteiger partial charge in [0.25, 0.3) is 0 Å². The minimum atomic E-state index is 0.0948. The molecular weight excluding hydrogens is 306 g/mol. The second kappa shape index (κ2) is 8.61. The van der Waals surface area contributed by atoms with Crippen molar-refractivity contribution >= 4 is 5.91 Å². The largest absolute Gasteiger partial charge is 0.467 e. The number of hydrogen-bond acceptors (Lipinski definition) is 5. The van der Waals surface area contributed by atoms with Crippen molar-refractivity contribution in [1.29, 1.82) is 0 Å². The van der Waals surface area contributed by atoms with Crippen LogP contribution >= 0.6 is 0 Å². The topological polar surface area (TPSA) is 58.8 Å². The highest BCUT2D eigenvalue weighted by Gasteiger charge is 2.18. The zero-order valence-corrected chi connectivity index (χ0v) is 13.8. The van der Waals surface area contributed by atoms with Gasteiger partial charge in [0, 0.05) is 38.4 Å². The summed E-state index contributed by atoms with van der Waals surface area (Å²) in [5.74, 6) is 0.879.